The third-order valence-corrected chi connectivity index (χ3v) is 5.08. The zero-order chi connectivity index (χ0) is 23.1. The van der Waals surface area contributed by atoms with Crippen molar-refractivity contribution in [1.29, 1.82) is 0 Å². The Balaban J connectivity index is 1.85. The fourth-order valence-electron chi connectivity index (χ4n) is 3.46. The topological polar surface area (TPSA) is 112 Å². The molecular weight excluding hydrogens is 414 g/mol. The molecule has 0 fully saturated rings. The van der Waals surface area contributed by atoms with Crippen molar-refractivity contribution in [3.05, 3.63) is 59.7 Å². The Labute approximate surface area is 186 Å². The third kappa shape index (κ3) is 5.26. The number of rotatable bonds is 11. The molecule has 0 saturated carbocycles. The van der Waals surface area contributed by atoms with Gasteiger partial charge in [-0.3, -0.25) is 14.3 Å². The van der Waals surface area contributed by atoms with Crippen molar-refractivity contribution >= 4 is 11.9 Å². The van der Waals surface area contributed by atoms with Crippen LogP contribution in [0.1, 0.15) is 28.7 Å². The number of carbonyl (C=O) groups excluding carboxylic acids is 1. The molecular formula is C22H27N5O5. The molecule has 10 heteroatoms. The summed E-state index contributed by atoms with van der Waals surface area (Å²) in [4.78, 5) is 26.2. The minimum Gasteiger partial charge on any atom is -0.493 e. The molecule has 1 aromatic carbocycles. The summed E-state index contributed by atoms with van der Waals surface area (Å²) in [7, 11) is 3.15. The van der Waals surface area contributed by atoms with E-state index in [4.69, 9.17) is 14.6 Å². The fraction of sp³-hybridized carbons (Fsp3) is 0.364. The molecule has 10 nitrogen and oxygen atoms in total. The van der Waals surface area contributed by atoms with E-state index in [0.717, 1.165) is 11.3 Å². The molecule has 2 heterocycles. The van der Waals surface area contributed by atoms with Gasteiger partial charge in [-0.15, -0.1) is 0 Å². The predicted molar refractivity (Wildman–Crippen MR) is 116 cm³/mol. The number of hydrogen-bond acceptors (Lipinski definition) is 6. The van der Waals surface area contributed by atoms with E-state index in [-0.39, 0.29) is 18.1 Å². The van der Waals surface area contributed by atoms with Crippen LogP contribution in [0.4, 0.5) is 0 Å². The standard InChI is InChI=1S/C22H27N5O5/c1-4-26-17(7-10-23-26)14-25(22(30)18-8-11-24-27(18)15-21(28)29)12-9-16-5-6-19(31-2)20(13-16)32-3/h5-8,10-11,13H,4,9,12,14-15H2,1-3H3,(H,28,29). The lowest BCUT2D eigenvalue weighted by molar-refractivity contribution is -0.137. The van der Waals surface area contributed by atoms with Gasteiger partial charge in [0.1, 0.15) is 12.2 Å². The van der Waals surface area contributed by atoms with Crippen molar-refractivity contribution in [2.75, 3.05) is 20.8 Å². The maximum atomic E-state index is 13.4. The van der Waals surface area contributed by atoms with Crippen molar-refractivity contribution < 1.29 is 24.2 Å². The van der Waals surface area contributed by atoms with Gasteiger partial charge in [-0.2, -0.15) is 10.2 Å². The van der Waals surface area contributed by atoms with Crippen LogP contribution in [-0.2, 0) is 30.8 Å². The number of aliphatic carboxylic acids is 1. The molecule has 2 aromatic heterocycles. The SMILES string of the molecule is CCn1nccc1CN(CCc1ccc(OC)c(OC)c1)C(=O)c1ccnn1CC(=O)O. The summed E-state index contributed by atoms with van der Waals surface area (Å²) in [6.45, 7) is 3.01. The smallest absolute Gasteiger partial charge is 0.325 e. The van der Waals surface area contributed by atoms with Crippen LogP contribution in [0.2, 0.25) is 0 Å². The molecule has 0 saturated heterocycles. The molecule has 0 aliphatic heterocycles. The monoisotopic (exact) mass is 441 g/mol. The van der Waals surface area contributed by atoms with Crippen LogP contribution >= 0.6 is 0 Å². The number of carboxylic acids is 1. The summed E-state index contributed by atoms with van der Waals surface area (Å²) in [6, 6.07) is 9.04. The highest BCUT2D eigenvalue weighted by Crippen LogP contribution is 2.28. The van der Waals surface area contributed by atoms with Crippen LogP contribution in [0.25, 0.3) is 0 Å². The molecule has 32 heavy (non-hydrogen) atoms. The van der Waals surface area contributed by atoms with E-state index in [0.29, 0.717) is 37.6 Å². The number of carboxylic acid groups (broad SMARTS) is 1. The minimum atomic E-state index is -1.07. The average Bonchev–Trinajstić information content (AvgIpc) is 3.44. The molecule has 0 aliphatic rings. The van der Waals surface area contributed by atoms with Gasteiger partial charge in [-0.1, -0.05) is 6.07 Å². The van der Waals surface area contributed by atoms with Crippen LogP contribution in [0.3, 0.4) is 0 Å². The van der Waals surface area contributed by atoms with Crippen LogP contribution < -0.4 is 9.47 Å². The lowest BCUT2D eigenvalue weighted by atomic mass is 10.1. The van der Waals surface area contributed by atoms with E-state index in [1.54, 1.807) is 25.3 Å². The number of carbonyl (C=O) groups is 2. The van der Waals surface area contributed by atoms with Gasteiger partial charge in [-0.05, 0) is 43.2 Å². The van der Waals surface area contributed by atoms with E-state index >= 15 is 0 Å². The number of benzene rings is 1. The Morgan fingerprint density at radius 3 is 2.44 bits per heavy atom. The van der Waals surface area contributed by atoms with Crippen LogP contribution in [0.5, 0.6) is 11.5 Å². The predicted octanol–water partition coefficient (Wildman–Crippen LogP) is 2.09. The average molecular weight is 441 g/mol. The lowest BCUT2D eigenvalue weighted by Crippen LogP contribution is -2.35. The van der Waals surface area contributed by atoms with E-state index in [1.807, 2.05) is 35.9 Å². The largest absolute Gasteiger partial charge is 0.493 e. The summed E-state index contributed by atoms with van der Waals surface area (Å²) in [5.74, 6) is -0.114. The second-order valence-electron chi connectivity index (χ2n) is 7.07. The maximum Gasteiger partial charge on any atom is 0.325 e. The molecule has 0 radical (unpaired) electrons. The Morgan fingerprint density at radius 2 is 1.75 bits per heavy atom. The molecule has 170 valence electrons. The number of aromatic nitrogens is 4. The highest BCUT2D eigenvalue weighted by Gasteiger charge is 2.22. The second-order valence-corrected chi connectivity index (χ2v) is 7.07. The molecule has 1 N–H and O–H groups in total. The number of amides is 1. The van der Waals surface area contributed by atoms with Gasteiger partial charge >= 0.3 is 5.97 Å². The van der Waals surface area contributed by atoms with Crippen molar-refractivity contribution in [2.24, 2.45) is 0 Å². The highest BCUT2D eigenvalue weighted by atomic mass is 16.5. The number of methoxy groups -OCH3 is 2. The van der Waals surface area contributed by atoms with Crippen LogP contribution in [0.15, 0.2) is 42.7 Å². The van der Waals surface area contributed by atoms with Gasteiger partial charge in [0.25, 0.3) is 5.91 Å². The molecule has 0 spiro atoms. The highest BCUT2D eigenvalue weighted by molar-refractivity contribution is 5.92. The van der Waals surface area contributed by atoms with Gasteiger partial charge in [0, 0.05) is 25.5 Å². The van der Waals surface area contributed by atoms with Gasteiger partial charge in [0.05, 0.1) is 26.5 Å². The quantitative estimate of drug-likeness (QED) is 0.485. The van der Waals surface area contributed by atoms with Crippen LogP contribution in [-0.4, -0.2) is 62.2 Å². The third-order valence-electron chi connectivity index (χ3n) is 5.08. The first-order valence-electron chi connectivity index (χ1n) is 10.2. The maximum absolute atomic E-state index is 13.4. The summed E-state index contributed by atoms with van der Waals surface area (Å²) in [5, 5.41) is 17.4. The lowest BCUT2D eigenvalue weighted by Gasteiger charge is -2.23. The summed E-state index contributed by atoms with van der Waals surface area (Å²) in [6.07, 6.45) is 3.70. The molecule has 0 unspecified atom stereocenters. The zero-order valence-corrected chi connectivity index (χ0v) is 18.4. The van der Waals surface area contributed by atoms with Gasteiger partial charge in [0.15, 0.2) is 11.5 Å². The Hall–Kier alpha value is -3.82. The van der Waals surface area contributed by atoms with E-state index in [1.165, 1.54) is 16.9 Å². The van der Waals surface area contributed by atoms with Crippen LogP contribution in [0, 0.1) is 0 Å². The molecule has 3 rings (SSSR count). The van der Waals surface area contributed by atoms with Gasteiger partial charge in [0.2, 0.25) is 0 Å². The summed E-state index contributed by atoms with van der Waals surface area (Å²) >= 11 is 0. The van der Waals surface area contributed by atoms with Gasteiger partial charge < -0.3 is 19.5 Å². The zero-order valence-electron chi connectivity index (χ0n) is 18.4. The first-order chi connectivity index (χ1) is 15.5. The Bertz CT molecular complexity index is 1070. The number of hydrogen-bond donors (Lipinski definition) is 1. The molecule has 0 aliphatic carbocycles. The Morgan fingerprint density at radius 1 is 1.03 bits per heavy atom. The van der Waals surface area contributed by atoms with E-state index < -0.39 is 5.97 Å². The molecule has 0 bridgehead atoms. The molecule has 3 aromatic rings. The van der Waals surface area contributed by atoms with Crippen molar-refractivity contribution in [3.8, 4) is 11.5 Å². The molecule has 0 atom stereocenters. The number of ether oxygens (including phenoxy) is 2. The fourth-order valence-corrected chi connectivity index (χ4v) is 3.46. The first-order valence-corrected chi connectivity index (χ1v) is 10.2. The van der Waals surface area contributed by atoms with Crippen molar-refractivity contribution in [1.82, 2.24) is 24.5 Å². The van der Waals surface area contributed by atoms with E-state index in [2.05, 4.69) is 10.2 Å². The number of nitrogens with zero attached hydrogens (tertiary/aromatic N) is 5. The summed E-state index contributed by atoms with van der Waals surface area (Å²) in [5.41, 5.74) is 2.09. The normalized spacial score (nSPS) is 10.7. The Kier molecular flexibility index (Phi) is 7.48. The van der Waals surface area contributed by atoms with Crippen molar-refractivity contribution in [2.45, 2.75) is 33.0 Å². The minimum absolute atomic E-state index is 0.224. The van der Waals surface area contributed by atoms with Gasteiger partial charge in [-0.25, -0.2) is 4.68 Å². The summed E-state index contributed by atoms with van der Waals surface area (Å²) < 4.78 is 13.7. The second kappa shape index (κ2) is 10.5. The van der Waals surface area contributed by atoms with E-state index in [9.17, 15) is 9.59 Å². The first kappa shape index (κ1) is 22.9. The number of aryl methyl sites for hydroxylation is 1. The van der Waals surface area contributed by atoms with Crippen molar-refractivity contribution in [3.63, 3.8) is 0 Å². The molecule has 1 amide bonds.